The summed E-state index contributed by atoms with van der Waals surface area (Å²) < 4.78 is 43.5. The van der Waals surface area contributed by atoms with E-state index < -0.39 is 29.0 Å². The van der Waals surface area contributed by atoms with E-state index in [9.17, 15) is 14.0 Å². The molecular weight excluding hydrogens is 639 g/mol. The summed E-state index contributed by atoms with van der Waals surface area (Å²) in [7, 11) is 2.06. The molecule has 6 rings (SSSR count). The Morgan fingerprint density at radius 2 is 1.74 bits per heavy atom. The van der Waals surface area contributed by atoms with Crippen molar-refractivity contribution in [3.8, 4) is 16.9 Å². The van der Waals surface area contributed by atoms with E-state index >= 15 is 4.39 Å². The maximum Gasteiger partial charge on any atom is 0.410 e. The molecule has 4 heterocycles. The van der Waals surface area contributed by atoms with Crippen LogP contribution in [-0.2, 0) is 11.3 Å². The first-order valence-electron chi connectivity index (χ1n) is 15.6. The van der Waals surface area contributed by atoms with Crippen molar-refractivity contribution in [3.63, 3.8) is 0 Å². The molecule has 3 aliphatic rings. The smallest absolute Gasteiger partial charge is 0.410 e. The number of nitrogens with zero attached hydrogens (tertiary/aromatic N) is 5. The Morgan fingerprint density at radius 1 is 1.04 bits per heavy atom. The Balaban J connectivity index is 1.52. The molecule has 0 N–H and O–H groups in total. The minimum atomic E-state index is -0.895. The Bertz CT molecular complexity index is 1770. The maximum absolute atomic E-state index is 15.4. The minimum absolute atomic E-state index is 0.0297. The first-order chi connectivity index (χ1) is 21.6. The number of benzene rings is 2. The lowest BCUT2D eigenvalue weighted by atomic mass is 9.79. The van der Waals surface area contributed by atoms with Gasteiger partial charge in [-0.3, -0.25) is 4.57 Å². The highest BCUT2D eigenvalue weighted by Gasteiger charge is 2.41. The summed E-state index contributed by atoms with van der Waals surface area (Å²) in [4.78, 5) is 37.7. The molecule has 1 aromatic heterocycles. The van der Waals surface area contributed by atoms with Crippen LogP contribution in [0.4, 0.5) is 19.4 Å². The molecule has 1 spiro atoms. The molecule has 248 valence electrons. The number of carbonyl (C=O) groups is 1. The number of ether oxygens (including phenoxy) is 2. The Labute approximate surface area is 277 Å². The first-order valence-corrected chi connectivity index (χ1v) is 16.3. The van der Waals surface area contributed by atoms with E-state index in [0.29, 0.717) is 36.4 Å². The summed E-state index contributed by atoms with van der Waals surface area (Å²) in [6.07, 6.45) is 1.17. The topological polar surface area (TPSA) is 80.1 Å². The van der Waals surface area contributed by atoms with Gasteiger partial charge in [-0.15, -0.1) is 0 Å². The molecule has 0 aliphatic carbocycles. The zero-order valence-corrected chi connectivity index (χ0v) is 28.4. The number of carbonyl (C=O) groups excluding carboxylic acids is 1. The van der Waals surface area contributed by atoms with Gasteiger partial charge < -0.3 is 24.2 Å². The molecule has 2 saturated heterocycles. The van der Waals surface area contributed by atoms with Gasteiger partial charge in [0.25, 0.3) is 0 Å². The molecule has 1 amide bonds. The van der Waals surface area contributed by atoms with Crippen molar-refractivity contribution < 1.29 is 23.0 Å². The van der Waals surface area contributed by atoms with Crippen molar-refractivity contribution in [2.75, 3.05) is 44.7 Å². The molecule has 2 aromatic carbocycles. The van der Waals surface area contributed by atoms with Gasteiger partial charge >= 0.3 is 11.8 Å². The van der Waals surface area contributed by atoms with E-state index in [1.54, 1.807) is 15.5 Å². The number of aromatic nitrogens is 2. The third-order valence-electron chi connectivity index (χ3n) is 9.38. The summed E-state index contributed by atoms with van der Waals surface area (Å²) >= 11 is 13.1. The SMILES string of the molecule is C[C@@H]1CN(c2nc(=O)n3c4c(c(-c5cc(Cl)c(F)cc5F)c(Cl)cc24)OCC2(CCN(C)CC2)C3)[C@@H](C)CN1C(=O)OC(C)(C)C. The number of amides is 1. The van der Waals surface area contributed by atoms with E-state index in [-0.39, 0.29) is 51.0 Å². The Morgan fingerprint density at radius 3 is 2.41 bits per heavy atom. The molecule has 46 heavy (non-hydrogen) atoms. The average Bonchev–Trinajstić information content (AvgIpc) is 3.13. The molecular formula is C33H39Cl2F2N5O4. The normalized spacial score (nSPS) is 21.8. The third kappa shape index (κ3) is 5.90. The fourth-order valence-corrected chi connectivity index (χ4v) is 7.29. The van der Waals surface area contributed by atoms with Gasteiger partial charge in [-0.1, -0.05) is 23.2 Å². The number of rotatable bonds is 2. The van der Waals surface area contributed by atoms with Crippen LogP contribution in [0.15, 0.2) is 23.0 Å². The maximum atomic E-state index is 15.4. The third-order valence-corrected chi connectivity index (χ3v) is 9.97. The summed E-state index contributed by atoms with van der Waals surface area (Å²) in [6.45, 7) is 12.4. The lowest BCUT2D eigenvalue weighted by molar-refractivity contribution is 0.0130. The van der Waals surface area contributed by atoms with Crippen LogP contribution in [0.3, 0.4) is 0 Å². The first kappa shape index (κ1) is 32.8. The highest BCUT2D eigenvalue weighted by Crippen LogP contribution is 2.49. The molecule has 0 bridgehead atoms. The fraction of sp³-hybridized carbons (Fsp3) is 0.545. The van der Waals surface area contributed by atoms with Gasteiger partial charge in [0.2, 0.25) is 0 Å². The highest BCUT2D eigenvalue weighted by atomic mass is 35.5. The van der Waals surface area contributed by atoms with Crippen LogP contribution in [0.1, 0.15) is 47.5 Å². The zero-order chi connectivity index (χ0) is 33.3. The van der Waals surface area contributed by atoms with Crippen molar-refractivity contribution in [1.82, 2.24) is 19.4 Å². The van der Waals surface area contributed by atoms with Crippen molar-refractivity contribution in [2.45, 2.75) is 71.7 Å². The fourth-order valence-electron chi connectivity index (χ4n) is 6.83. The van der Waals surface area contributed by atoms with Gasteiger partial charge in [0.1, 0.15) is 23.1 Å². The molecule has 0 saturated carbocycles. The van der Waals surface area contributed by atoms with Crippen LogP contribution >= 0.6 is 23.2 Å². The molecule has 0 radical (unpaired) electrons. The van der Waals surface area contributed by atoms with Gasteiger partial charge in [0.15, 0.2) is 5.75 Å². The summed E-state index contributed by atoms with van der Waals surface area (Å²) in [5.41, 5.74) is -0.865. The summed E-state index contributed by atoms with van der Waals surface area (Å²) in [5.74, 6) is -1.12. The lowest BCUT2D eigenvalue weighted by Gasteiger charge is -2.45. The van der Waals surface area contributed by atoms with Crippen LogP contribution in [0.25, 0.3) is 22.0 Å². The molecule has 13 heteroatoms. The second-order valence-corrected chi connectivity index (χ2v) is 14.9. The minimum Gasteiger partial charge on any atom is -0.490 e. The van der Waals surface area contributed by atoms with Crippen LogP contribution in [0.2, 0.25) is 10.0 Å². The van der Waals surface area contributed by atoms with Crippen LogP contribution in [0, 0.1) is 17.0 Å². The predicted octanol–water partition coefficient (Wildman–Crippen LogP) is 6.59. The molecule has 2 atom stereocenters. The van der Waals surface area contributed by atoms with Crippen molar-refractivity contribution in [1.29, 1.82) is 0 Å². The van der Waals surface area contributed by atoms with Gasteiger partial charge in [0.05, 0.1) is 22.2 Å². The standard InChI is InChI=1S/C33H39Cl2F2N5O4/c1-18-15-41(31(44)46-32(3,4)5)19(2)14-40(18)29-21-12-23(35)26(20-11-22(34)25(37)13-24(20)36)28-27(21)42(30(43)38-29)16-33(17-45-28)7-9-39(6)10-8-33/h11-13,18-19H,7-10,14-17H2,1-6H3/t18-,19+/m0/s1. The monoisotopic (exact) mass is 677 g/mol. The van der Waals surface area contributed by atoms with Crippen LogP contribution < -0.4 is 15.3 Å². The van der Waals surface area contributed by atoms with Crippen molar-refractivity contribution >= 4 is 46.0 Å². The predicted molar refractivity (Wildman–Crippen MR) is 175 cm³/mol. The number of halogens is 4. The molecule has 0 unspecified atom stereocenters. The largest absolute Gasteiger partial charge is 0.490 e. The van der Waals surface area contributed by atoms with Gasteiger partial charge in [-0.05, 0) is 79.7 Å². The second-order valence-electron chi connectivity index (χ2n) is 14.1. The van der Waals surface area contributed by atoms with E-state index in [1.165, 1.54) is 6.07 Å². The second kappa shape index (κ2) is 11.8. The van der Waals surface area contributed by atoms with E-state index in [4.69, 9.17) is 32.7 Å². The van der Waals surface area contributed by atoms with Crippen molar-refractivity contribution in [2.24, 2.45) is 5.41 Å². The number of piperidine rings is 1. The van der Waals surface area contributed by atoms with Gasteiger partial charge in [-0.2, -0.15) is 4.98 Å². The van der Waals surface area contributed by atoms with Gasteiger partial charge in [0, 0.05) is 59.7 Å². The molecule has 2 fully saturated rings. The van der Waals surface area contributed by atoms with E-state index in [1.807, 2.05) is 39.5 Å². The lowest BCUT2D eigenvalue weighted by Crippen LogP contribution is -2.59. The number of anilines is 1. The summed E-state index contributed by atoms with van der Waals surface area (Å²) in [6, 6.07) is 3.08. The zero-order valence-electron chi connectivity index (χ0n) is 26.9. The van der Waals surface area contributed by atoms with Gasteiger partial charge in [-0.25, -0.2) is 18.4 Å². The number of likely N-dealkylation sites (tertiary alicyclic amines) is 1. The Hall–Kier alpha value is -3.15. The quantitative estimate of drug-likeness (QED) is 0.283. The summed E-state index contributed by atoms with van der Waals surface area (Å²) in [5, 5.41) is 0.440. The van der Waals surface area contributed by atoms with Crippen molar-refractivity contribution in [3.05, 3.63) is 50.4 Å². The number of piperazine rings is 1. The number of hydrogen-bond donors (Lipinski definition) is 0. The highest BCUT2D eigenvalue weighted by molar-refractivity contribution is 6.35. The van der Waals surface area contributed by atoms with Crippen LogP contribution in [-0.4, -0.2) is 83.0 Å². The molecule has 3 aliphatic heterocycles. The molecule has 9 nitrogen and oxygen atoms in total. The van der Waals surface area contributed by atoms with E-state index in [2.05, 4.69) is 16.9 Å². The van der Waals surface area contributed by atoms with Crippen LogP contribution in [0.5, 0.6) is 5.75 Å². The van der Waals surface area contributed by atoms with E-state index in [0.717, 1.165) is 32.0 Å². The number of hydrogen-bond acceptors (Lipinski definition) is 7. The average molecular weight is 679 g/mol. The molecule has 3 aromatic rings. The Kier molecular flexibility index (Phi) is 8.43.